The smallest absolute Gasteiger partial charge is 0.453 e. The zero-order valence-electron chi connectivity index (χ0n) is 18.5. The standard InChI is InChI=1S/C24H24F3NO5/c1-13-4-6-16(7-5-13)32-22-20(30)17-8-9-19(29)18(21(17)33-23(22)24(25,26)27)12-28-10-14(2)31-15(3)11-28/h4-9,14-15,29H,10-12H2,1-3H3/p+1/t14-,15+. The highest BCUT2D eigenvalue weighted by Crippen LogP contribution is 2.39. The van der Waals surface area contributed by atoms with Crippen LogP contribution >= 0.6 is 0 Å². The van der Waals surface area contributed by atoms with Crippen LogP contribution in [0.25, 0.3) is 11.0 Å². The number of hydrogen-bond acceptors (Lipinski definition) is 5. The average Bonchev–Trinajstić information content (AvgIpc) is 2.72. The topological polar surface area (TPSA) is 73.3 Å². The summed E-state index contributed by atoms with van der Waals surface area (Å²) in [5.41, 5.74) is -0.210. The van der Waals surface area contributed by atoms with Crippen molar-refractivity contribution in [1.29, 1.82) is 0 Å². The molecule has 0 spiro atoms. The molecule has 0 radical (unpaired) electrons. The lowest BCUT2D eigenvalue weighted by atomic mass is 10.1. The summed E-state index contributed by atoms with van der Waals surface area (Å²) in [6, 6.07) is 8.83. The van der Waals surface area contributed by atoms with Crippen molar-refractivity contribution in [2.24, 2.45) is 0 Å². The first-order valence-electron chi connectivity index (χ1n) is 10.7. The van der Waals surface area contributed by atoms with Gasteiger partial charge in [0.05, 0.1) is 10.9 Å². The van der Waals surface area contributed by atoms with Crippen LogP contribution in [0.3, 0.4) is 0 Å². The number of ether oxygens (including phenoxy) is 2. The molecule has 176 valence electrons. The lowest BCUT2D eigenvalue weighted by molar-refractivity contribution is -0.928. The Balaban J connectivity index is 1.84. The Hall–Kier alpha value is -3.04. The van der Waals surface area contributed by atoms with Crippen molar-refractivity contribution in [1.82, 2.24) is 0 Å². The number of phenolic OH excluding ortho intramolecular Hbond substituents is 1. The molecule has 1 saturated heterocycles. The van der Waals surface area contributed by atoms with Crippen molar-refractivity contribution in [2.45, 2.75) is 45.7 Å². The highest BCUT2D eigenvalue weighted by atomic mass is 19.4. The highest BCUT2D eigenvalue weighted by molar-refractivity contribution is 5.83. The summed E-state index contributed by atoms with van der Waals surface area (Å²) in [6.45, 7) is 7.03. The van der Waals surface area contributed by atoms with Gasteiger partial charge in [-0.3, -0.25) is 4.79 Å². The third-order valence-electron chi connectivity index (χ3n) is 5.64. The molecule has 1 aliphatic rings. The van der Waals surface area contributed by atoms with Crippen molar-refractivity contribution >= 4 is 11.0 Å². The Labute approximate surface area is 188 Å². The molecule has 1 aromatic heterocycles. The summed E-state index contributed by atoms with van der Waals surface area (Å²) in [6.07, 6.45) is -5.08. The largest absolute Gasteiger partial charge is 0.507 e. The maximum absolute atomic E-state index is 13.9. The van der Waals surface area contributed by atoms with Gasteiger partial charge in [-0.1, -0.05) is 17.7 Å². The minimum absolute atomic E-state index is 0.0480. The van der Waals surface area contributed by atoms with Crippen LogP contribution in [0.5, 0.6) is 17.2 Å². The monoisotopic (exact) mass is 464 g/mol. The Morgan fingerprint density at radius 3 is 2.33 bits per heavy atom. The number of fused-ring (bicyclic) bond motifs is 1. The van der Waals surface area contributed by atoms with Gasteiger partial charge < -0.3 is 23.9 Å². The molecule has 0 saturated carbocycles. The summed E-state index contributed by atoms with van der Waals surface area (Å²) in [7, 11) is 0. The van der Waals surface area contributed by atoms with Gasteiger partial charge in [0.2, 0.25) is 11.2 Å². The number of morpholine rings is 1. The first-order valence-corrected chi connectivity index (χ1v) is 10.7. The number of alkyl halides is 3. The van der Waals surface area contributed by atoms with E-state index in [1.165, 1.54) is 24.3 Å². The van der Waals surface area contributed by atoms with E-state index in [1.807, 2.05) is 20.8 Å². The van der Waals surface area contributed by atoms with Crippen molar-refractivity contribution in [3.05, 3.63) is 63.5 Å². The minimum Gasteiger partial charge on any atom is -0.507 e. The van der Waals surface area contributed by atoms with Gasteiger partial charge in [0.15, 0.2) is 5.58 Å². The van der Waals surface area contributed by atoms with Crippen LogP contribution in [0, 0.1) is 6.92 Å². The summed E-state index contributed by atoms with van der Waals surface area (Å²) in [5.74, 6) is -2.62. The number of phenols is 1. The van der Waals surface area contributed by atoms with Gasteiger partial charge in [-0.15, -0.1) is 0 Å². The second-order valence-electron chi connectivity index (χ2n) is 8.53. The summed E-state index contributed by atoms with van der Waals surface area (Å²) >= 11 is 0. The maximum atomic E-state index is 13.9. The summed E-state index contributed by atoms with van der Waals surface area (Å²) in [5, 5.41) is 10.4. The first kappa shape index (κ1) is 23.1. The van der Waals surface area contributed by atoms with Crippen LogP contribution in [0.2, 0.25) is 0 Å². The molecule has 9 heteroatoms. The van der Waals surface area contributed by atoms with Gasteiger partial charge >= 0.3 is 6.18 Å². The molecule has 1 aliphatic heterocycles. The number of nitrogens with one attached hydrogen (secondary N) is 1. The molecule has 6 nitrogen and oxygen atoms in total. The van der Waals surface area contributed by atoms with Crippen LogP contribution < -0.4 is 15.1 Å². The van der Waals surface area contributed by atoms with E-state index < -0.39 is 23.1 Å². The molecule has 1 unspecified atom stereocenters. The molecule has 3 atom stereocenters. The maximum Gasteiger partial charge on any atom is 0.453 e. The van der Waals surface area contributed by atoms with Crippen molar-refractivity contribution in [3.8, 4) is 17.2 Å². The van der Waals surface area contributed by atoms with Crippen molar-refractivity contribution in [2.75, 3.05) is 13.1 Å². The number of aromatic hydroxyl groups is 1. The Kier molecular flexibility index (Phi) is 6.11. The highest BCUT2D eigenvalue weighted by Gasteiger charge is 2.41. The molecule has 2 aromatic carbocycles. The van der Waals surface area contributed by atoms with Gasteiger partial charge in [-0.05, 0) is 45.0 Å². The van der Waals surface area contributed by atoms with E-state index in [0.717, 1.165) is 10.5 Å². The van der Waals surface area contributed by atoms with Crippen LogP contribution in [-0.2, 0) is 17.5 Å². The van der Waals surface area contributed by atoms with Gasteiger partial charge in [0.1, 0.15) is 43.3 Å². The Bertz CT molecular complexity index is 1210. The second-order valence-corrected chi connectivity index (χ2v) is 8.53. The molecule has 2 N–H and O–H groups in total. The van der Waals surface area contributed by atoms with Gasteiger partial charge in [-0.2, -0.15) is 13.2 Å². The number of benzene rings is 2. The first-order chi connectivity index (χ1) is 15.5. The Morgan fingerprint density at radius 1 is 1.09 bits per heavy atom. The van der Waals surface area contributed by atoms with Crippen molar-refractivity contribution in [3.63, 3.8) is 0 Å². The molecular formula is C24H25F3NO5+. The molecule has 0 bridgehead atoms. The second kappa shape index (κ2) is 8.72. The van der Waals surface area contributed by atoms with E-state index >= 15 is 0 Å². The average molecular weight is 464 g/mol. The van der Waals surface area contributed by atoms with Crippen molar-refractivity contribution < 1.29 is 37.1 Å². The number of hydrogen-bond donors (Lipinski definition) is 2. The SMILES string of the molecule is Cc1ccc(Oc2c(C(F)(F)F)oc3c(C[NH+]4C[C@@H](C)O[C@@H](C)C4)c(O)ccc3c2=O)cc1. The van der Waals surface area contributed by atoms with Crippen LogP contribution in [0.4, 0.5) is 13.2 Å². The van der Waals surface area contributed by atoms with Gasteiger partial charge in [-0.25, -0.2) is 0 Å². The quantitative estimate of drug-likeness (QED) is 0.615. The molecule has 4 rings (SSSR count). The van der Waals surface area contributed by atoms with E-state index in [0.29, 0.717) is 13.1 Å². The molecular weight excluding hydrogens is 439 g/mol. The zero-order chi connectivity index (χ0) is 23.9. The number of aryl methyl sites for hydroxylation is 1. The molecule has 2 heterocycles. The fourth-order valence-electron chi connectivity index (χ4n) is 4.24. The zero-order valence-corrected chi connectivity index (χ0v) is 18.5. The van der Waals surface area contributed by atoms with Crippen LogP contribution in [0.15, 0.2) is 45.6 Å². The fourth-order valence-corrected chi connectivity index (χ4v) is 4.24. The minimum atomic E-state index is -4.98. The predicted octanol–water partition coefficient (Wildman–Crippen LogP) is 3.81. The van der Waals surface area contributed by atoms with E-state index in [1.54, 1.807) is 12.1 Å². The van der Waals surface area contributed by atoms with Gasteiger partial charge in [0.25, 0.3) is 5.76 Å². The fraction of sp³-hybridized carbons (Fsp3) is 0.375. The number of rotatable bonds is 4. The normalized spacial score (nSPS) is 21.3. The summed E-state index contributed by atoms with van der Waals surface area (Å²) in [4.78, 5) is 14.1. The lowest BCUT2D eigenvalue weighted by Gasteiger charge is -2.32. The number of quaternary nitrogens is 1. The Morgan fingerprint density at radius 2 is 1.73 bits per heavy atom. The van der Waals surface area contributed by atoms with E-state index in [9.17, 15) is 23.1 Å². The van der Waals surface area contributed by atoms with E-state index in [2.05, 4.69) is 0 Å². The molecule has 33 heavy (non-hydrogen) atoms. The summed E-state index contributed by atoms with van der Waals surface area (Å²) < 4.78 is 58.1. The molecule has 1 fully saturated rings. The van der Waals surface area contributed by atoms with E-state index in [4.69, 9.17) is 13.9 Å². The lowest BCUT2D eigenvalue weighted by Crippen LogP contribution is -3.14. The molecule has 0 amide bonds. The number of halogens is 3. The third kappa shape index (κ3) is 4.84. The van der Waals surface area contributed by atoms with Crippen LogP contribution in [-0.4, -0.2) is 30.4 Å². The third-order valence-corrected chi connectivity index (χ3v) is 5.64. The predicted molar refractivity (Wildman–Crippen MR) is 115 cm³/mol. The van der Waals surface area contributed by atoms with Crippen LogP contribution in [0.1, 0.15) is 30.7 Å². The molecule has 3 aromatic rings. The molecule has 0 aliphatic carbocycles. The van der Waals surface area contributed by atoms with Gasteiger partial charge in [0, 0.05) is 0 Å². The van der Waals surface area contributed by atoms with E-state index in [-0.39, 0.29) is 46.8 Å².